The molecule has 0 radical (unpaired) electrons. The normalized spacial score (nSPS) is 10.3. The first kappa shape index (κ1) is 12.1. The smallest absolute Gasteiger partial charge is 0.307 e. The van der Waals surface area contributed by atoms with Gasteiger partial charge in [-0.3, -0.25) is 4.79 Å². The van der Waals surface area contributed by atoms with E-state index in [1.807, 2.05) is 18.2 Å². The van der Waals surface area contributed by atoms with Gasteiger partial charge >= 0.3 is 5.97 Å². The maximum Gasteiger partial charge on any atom is 0.307 e. The van der Waals surface area contributed by atoms with Crippen LogP contribution < -0.4 is 0 Å². The number of thioether (sulfide) groups is 1. The third kappa shape index (κ3) is 3.59. The Morgan fingerprint density at radius 3 is 2.67 bits per heavy atom. The molecule has 3 heteroatoms. The van der Waals surface area contributed by atoms with Gasteiger partial charge in [-0.15, -0.1) is 11.8 Å². The number of rotatable bonds is 5. The molecule has 2 nitrogen and oxygen atoms in total. The largest absolute Gasteiger partial charge is 0.481 e. The number of carbonyl (C=O) groups is 1. The van der Waals surface area contributed by atoms with E-state index in [9.17, 15) is 4.79 Å². The zero-order valence-electron chi connectivity index (χ0n) is 9.12. The molecule has 0 aliphatic carbocycles. The lowest BCUT2D eigenvalue weighted by Crippen LogP contribution is -2.00. The van der Waals surface area contributed by atoms with Crippen molar-refractivity contribution in [3.63, 3.8) is 0 Å². The van der Waals surface area contributed by atoms with Crippen molar-refractivity contribution in [3.05, 3.63) is 29.3 Å². The number of hydrogen-bond donors (Lipinski definition) is 1. The van der Waals surface area contributed by atoms with Gasteiger partial charge in [0.2, 0.25) is 0 Å². The van der Waals surface area contributed by atoms with Crippen LogP contribution in [0.1, 0.15) is 25.0 Å². The summed E-state index contributed by atoms with van der Waals surface area (Å²) in [5, 5.41) is 8.71. The summed E-state index contributed by atoms with van der Waals surface area (Å²) < 4.78 is 0. The van der Waals surface area contributed by atoms with Gasteiger partial charge in [-0.05, 0) is 29.4 Å². The molecule has 0 aromatic heterocycles. The van der Waals surface area contributed by atoms with Gasteiger partial charge in [0, 0.05) is 4.90 Å². The Bertz CT molecular complexity index is 347. The molecule has 0 aliphatic rings. The first-order valence-electron chi connectivity index (χ1n) is 5.13. The molecule has 0 heterocycles. The molecular weight excluding hydrogens is 208 g/mol. The molecule has 1 aromatic rings. The minimum atomic E-state index is -0.772. The topological polar surface area (TPSA) is 37.3 Å². The fourth-order valence-electron chi connectivity index (χ4n) is 1.47. The van der Waals surface area contributed by atoms with Crippen molar-refractivity contribution in [2.24, 2.45) is 0 Å². The Morgan fingerprint density at radius 1 is 1.40 bits per heavy atom. The van der Waals surface area contributed by atoms with E-state index in [1.54, 1.807) is 11.8 Å². The maximum atomic E-state index is 10.6. The van der Waals surface area contributed by atoms with Crippen LogP contribution in [0.5, 0.6) is 0 Å². The number of aliphatic carboxylic acids is 1. The molecule has 0 saturated heterocycles. The standard InChI is InChI=1S/C12H16O2S/c1-3-10-6-5-9(8-12(13)14)7-11(10)15-4-2/h5-7H,3-4,8H2,1-2H3,(H,13,14). The van der Waals surface area contributed by atoms with Gasteiger partial charge in [0.25, 0.3) is 0 Å². The summed E-state index contributed by atoms with van der Waals surface area (Å²) in [6.07, 6.45) is 1.11. The molecule has 0 aliphatic heterocycles. The molecule has 1 rings (SSSR count). The second kappa shape index (κ2) is 5.81. The van der Waals surface area contributed by atoms with Crippen LogP contribution in [-0.2, 0) is 17.6 Å². The SMILES string of the molecule is CCSc1cc(CC(=O)O)ccc1CC. The van der Waals surface area contributed by atoms with Crippen molar-refractivity contribution in [1.82, 2.24) is 0 Å². The number of hydrogen-bond acceptors (Lipinski definition) is 2. The predicted octanol–water partition coefficient (Wildman–Crippen LogP) is 2.99. The van der Waals surface area contributed by atoms with Crippen molar-refractivity contribution in [2.45, 2.75) is 31.6 Å². The van der Waals surface area contributed by atoms with Crippen molar-refractivity contribution >= 4 is 17.7 Å². The Labute approximate surface area is 94.7 Å². The van der Waals surface area contributed by atoms with E-state index in [4.69, 9.17) is 5.11 Å². The highest BCUT2D eigenvalue weighted by Gasteiger charge is 2.05. The summed E-state index contributed by atoms with van der Waals surface area (Å²) in [4.78, 5) is 11.8. The molecular formula is C12H16O2S. The van der Waals surface area contributed by atoms with Crippen LogP contribution in [0.2, 0.25) is 0 Å². The minimum Gasteiger partial charge on any atom is -0.481 e. The second-order valence-corrected chi connectivity index (χ2v) is 4.61. The first-order chi connectivity index (χ1) is 7.17. The molecule has 0 unspecified atom stereocenters. The van der Waals surface area contributed by atoms with Gasteiger partial charge in [0.05, 0.1) is 6.42 Å². The molecule has 1 aromatic carbocycles. The highest BCUT2D eigenvalue weighted by Crippen LogP contribution is 2.24. The number of aryl methyl sites for hydroxylation is 1. The van der Waals surface area contributed by atoms with E-state index in [2.05, 4.69) is 13.8 Å². The summed E-state index contributed by atoms with van der Waals surface area (Å²) in [5.74, 6) is 0.246. The highest BCUT2D eigenvalue weighted by molar-refractivity contribution is 7.99. The Balaban J connectivity index is 2.93. The molecule has 82 valence electrons. The maximum absolute atomic E-state index is 10.6. The zero-order valence-corrected chi connectivity index (χ0v) is 9.93. The Morgan fingerprint density at radius 2 is 2.13 bits per heavy atom. The number of carboxylic acids is 1. The fraction of sp³-hybridized carbons (Fsp3) is 0.417. The van der Waals surface area contributed by atoms with Gasteiger partial charge in [0.15, 0.2) is 0 Å². The summed E-state index contributed by atoms with van der Waals surface area (Å²) in [5.41, 5.74) is 2.19. The molecule has 0 bridgehead atoms. The van der Waals surface area contributed by atoms with Crippen LogP contribution >= 0.6 is 11.8 Å². The summed E-state index contributed by atoms with van der Waals surface area (Å²) in [6.45, 7) is 4.22. The Kier molecular flexibility index (Phi) is 4.69. The van der Waals surface area contributed by atoms with Gasteiger partial charge in [-0.25, -0.2) is 0 Å². The van der Waals surface area contributed by atoms with E-state index in [0.29, 0.717) is 0 Å². The molecule has 0 amide bonds. The average Bonchev–Trinajstić information content (AvgIpc) is 2.18. The van der Waals surface area contributed by atoms with Gasteiger partial charge in [0.1, 0.15) is 0 Å². The van der Waals surface area contributed by atoms with Crippen LogP contribution in [-0.4, -0.2) is 16.8 Å². The van der Waals surface area contributed by atoms with E-state index in [-0.39, 0.29) is 6.42 Å². The Hall–Kier alpha value is -0.960. The fourth-order valence-corrected chi connectivity index (χ4v) is 2.41. The third-order valence-corrected chi connectivity index (χ3v) is 3.15. The second-order valence-electron chi connectivity index (χ2n) is 3.30. The van der Waals surface area contributed by atoms with Gasteiger partial charge in [-0.1, -0.05) is 26.0 Å². The van der Waals surface area contributed by atoms with Crippen LogP contribution in [0.15, 0.2) is 23.1 Å². The summed E-state index contributed by atoms with van der Waals surface area (Å²) >= 11 is 1.77. The van der Waals surface area contributed by atoms with Crippen LogP contribution in [0, 0.1) is 0 Å². The summed E-state index contributed by atoms with van der Waals surface area (Å²) in [6, 6.07) is 5.95. The van der Waals surface area contributed by atoms with Crippen molar-refractivity contribution < 1.29 is 9.90 Å². The lowest BCUT2D eigenvalue weighted by atomic mass is 10.1. The van der Waals surface area contributed by atoms with Crippen LogP contribution in [0.25, 0.3) is 0 Å². The molecule has 1 N–H and O–H groups in total. The minimum absolute atomic E-state index is 0.112. The highest BCUT2D eigenvalue weighted by atomic mass is 32.2. The lowest BCUT2D eigenvalue weighted by Gasteiger charge is -2.08. The van der Waals surface area contributed by atoms with Crippen LogP contribution in [0.4, 0.5) is 0 Å². The quantitative estimate of drug-likeness (QED) is 0.781. The molecule has 0 fully saturated rings. The molecule has 15 heavy (non-hydrogen) atoms. The van der Waals surface area contributed by atoms with Gasteiger partial charge in [-0.2, -0.15) is 0 Å². The number of benzene rings is 1. The van der Waals surface area contributed by atoms with Crippen LogP contribution in [0.3, 0.4) is 0 Å². The van der Waals surface area contributed by atoms with Crippen molar-refractivity contribution in [1.29, 1.82) is 0 Å². The van der Waals surface area contributed by atoms with E-state index < -0.39 is 5.97 Å². The van der Waals surface area contributed by atoms with Crippen molar-refractivity contribution in [2.75, 3.05) is 5.75 Å². The first-order valence-corrected chi connectivity index (χ1v) is 6.12. The molecule has 0 atom stereocenters. The predicted molar refractivity (Wildman–Crippen MR) is 63.6 cm³/mol. The molecule has 0 saturated carbocycles. The van der Waals surface area contributed by atoms with Gasteiger partial charge < -0.3 is 5.11 Å². The molecule has 0 spiro atoms. The monoisotopic (exact) mass is 224 g/mol. The number of carboxylic acid groups (broad SMARTS) is 1. The summed E-state index contributed by atoms with van der Waals surface area (Å²) in [7, 11) is 0. The van der Waals surface area contributed by atoms with E-state index in [0.717, 1.165) is 17.7 Å². The average molecular weight is 224 g/mol. The zero-order chi connectivity index (χ0) is 11.3. The van der Waals surface area contributed by atoms with E-state index in [1.165, 1.54) is 10.5 Å². The van der Waals surface area contributed by atoms with E-state index >= 15 is 0 Å². The van der Waals surface area contributed by atoms with Crippen molar-refractivity contribution in [3.8, 4) is 0 Å². The lowest BCUT2D eigenvalue weighted by molar-refractivity contribution is -0.136. The third-order valence-electron chi connectivity index (χ3n) is 2.17.